The maximum absolute atomic E-state index is 2.23. The zero-order chi connectivity index (χ0) is 13.1. The Balaban J connectivity index is -0.0000000737. The first-order valence-electron chi connectivity index (χ1n) is 7.91. The second-order valence-electron chi connectivity index (χ2n) is 3.83. The van der Waals surface area contributed by atoms with Gasteiger partial charge in [-0.1, -0.05) is 106 Å². The molecule has 0 spiro atoms. The van der Waals surface area contributed by atoms with Crippen LogP contribution in [0.25, 0.3) is 0 Å². The van der Waals surface area contributed by atoms with E-state index in [2.05, 4.69) is 13.8 Å². The first-order valence-corrected chi connectivity index (χ1v) is 7.91. The van der Waals surface area contributed by atoms with Gasteiger partial charge < -0.3 is 5.48 Å². The molecule has 0 aromatic heterocycles. The Morgan fingerprint density at radius 2 is 0.706 bits per heavy atom. The maximum Gasteiger partial charge on any atom is -0.0533 e. The van der Waals surface area contributed by atoms with Gasteiger partial charge in [-0.3, -0.25) is 0 Å². The van der Waals surface area contributed by atoms with Crippen LogP contribution in [0.15, 0.2) is 0 Å². The van der Waals surface area contributed by atoms with Crippen LogP contribution in [0.3, 0.4) is 0 Å². The summed E-state index contributed by atoms with van der Waals surface area (Å²) in [5, 5.41) is 0. The lowest BCUT2D eigenvalue weighted by Crippen LogP contribution is -1.85. The normalized spacial score (nSPS) is 12.4. The van der Waals surface area contributed by atoms with Gasteiger partial charge in [0.05, 0.1) is 0 Å². The minimum Gasteiger partial charge on any atom is -0.412 e. The Morgan fingerprint density at radius 1 is 0.529 bits per heavy atom. The van der Waals surface area contributed by atoms with Crippen LogP contribution in [-0.2, 0) is 0 Å². The van der Waals surface area contributed by atoms with E-state index in [0.29, 0.717) is 0 Å². The molecule has 1 fully saturated rings. The largest absolute Gasteiger partial charge is 0.412 e. The topological polar surface area (TPSA) is 31.5 Å². The van der Waals surface area contributed by atoms with Crippen molar-refractivity contribution < 1.29 is 5.48 Å². The van der Waals surface area contributed by atoms with E-state index >= 15 is 0 Å². The molecule has 0 aromatic carbocycles. The third-order valence-electron chi connectivity index (χ3n) is 2.46. The Labute approximate surface area is 112 Å². The van der Waals surface area contributed by atoms with E-state index in [4.69, 9.17) is 0 Å². The van der Waals surface area contributed by atoms with Crippen molar-refractivity contribution in [2.75, 3.05) is 0 Å². The molecule has 0 atom stereocenters. The van der Waals surface area contributed by atoms with Crippen LogP contribution in [0.5, 0.6) is 0 Å². The fourth-order valence-electron chi connectivity index (χ4n) is 1.56. The van der Waals surface area contributed by atoms with Crippen LogP contribution < -0.4 is 0 Å². The second kappa shape index (κ2) is 36.0. The highest BCUT2D eigenvalue weighted by molar-refractivity contribution is 4.51. The molecular formula is C16H40O. The molecule has 0 unspecified atom stereocenters. The summed E-state index contributed by atoms with van der Waals surface area (Å²) < 4.78 is 0. The average Bonchev–Trinajstić information content (AvgIpc) is 2.43. The van der Waals surface area contributed by atoms with Crippen molar-refractivity contribution in [3.63, 3.8) is 0 Å². The molecule has 0 bridgehead atoms. The number of unbranched alkanes of at least 4 members (excludes halogenated alkanes) is 3. The Morgan fingerprint density at radius 3 is 0.824 bits per heavy atom. The third-order valence-corrected chi connectivity index (χ3v) is 2.46. The lowest BCUT2D eigenvalue weighted by molar-refractivity contribution is 0.504. The summed E-state index contributed by atoms with van der Waals surface area (Å²) in [6, 6.07) is 0. The van der Waals surface area contributed by atoms with Gasteiger partial charge >= 0.3 is 0 Å². The number of rotatable bonds is 3. The van der Waals surface area contributed by atoms with Crippen molar-refractivity contribution >= 4 is 0 Å². The Bertz CT molecular complexity index is 52.4. The SMILES string of the molecule is C1CCCCC1.CC.CC.CCCCCC.O. The Hall–Kier alpha value is -0.0400. The van der Waals surface area contributed by atoms with E-state index in [-0.39, 0.29) is 5.48 Å². The quantitative estimate of drug-likeness (QED) is 0.536. The first-order chi connectivity index (χ1) is 7.91. The van der Waals surface area contributed by atoms with Crippen molar-refractivity contribution in [2.24, 2.45) is 0 Å². The predicted molar refractivity (Wildman–Crippen MR) is 83.8 cm³/mol. The summed E-state index contributed by atoms with van der Waals surface area (Å²) in [7, 11) is 0. The molecule has 1 aliphatic rings. The molecule has 0 radical (unpaired) electrons. The van der Waals surface area contributed by atoms with Crippen LogP contribution >= 0.6 is 0 Å². The lowest BCUT2D eigenvalue weighted by Gasteiger charge is -2.05. The molecular weight excluding hydrogens is 208 g/mol. The van der Waals surface area contributed by atoms with Gasteiger partial charge in [0.25, 0.3) is 0 Å². The van der Waals surface area contributed by atoms with Gasteiger partial charge in [0.2, 0.25) is 0 Å². The highest BCUT2D eigenvalue weighted by atomic mass is 16.0. The van der Waals surface area contributed by atoms with E-state index in [1.807, 2.05) is 27.7 Å². The van der Waals surface area contributed by atoms with E-state index in [9.17, 15) is 0 Å². The van der Waals surface area contributed by atoms with E-state index in [0.717, 1.165) is 0 Å². The van der Waals surface area contributed by atoms with Gasteiger partial charge in [0.1, 0.15) is 0 Å². The highest BCUT2D eigenvalue weighted by Crippen LogP contribution is 2.15. The fraction of sp³-hybridized carbons (Fsp3) is 1.00. The molecule has 0 saturated heterocycles. The summed E-state index contributed by atoms with van der Waals surface area (Å²) in [5.41, 5.74) is 0. The average molecular weight is 248 g/mol. The van der Waals surface area contributed by atoms with Crippen LogP contribution in [0.1, 0.15) is 106 Å². The van der Waals surface area contributed by atoms with Crippen LogP contribution in [0, 0.1) is 0 Å². The van der Waals surface area contributed by atoms with Crippen LogP contribution in [0.2, 0.25) is 0 Å². The number of hydrogen-bond donors (Lipinski definition) is 0. The van der Waals surface area contributed by atoms with Crippen molar-refractivity contribution in [2.45, 2.75) is 106 Å². The van der Waals surface area contributed by atoms with Gasteiger partial charge in [-0.15, -0.1) is 0 Å². The van der Waals surface area contributed by atoms with Gasteiger partial charge in [-0.2, -0.15) is 0 Å². The minimum atomic E-state index is 0. The molecule has 110 valence electrons. The van der Waals surface area contributed by atoms with E-state index in [1.165, 1.54) is 64.2 Å². The molecule has 2 N–H and O–H groups in total. The highest BCUT2D eigenvalue weighted by Gasteiger charge is 1.95. The summed E-state index contributed by atoms with van der Waals surface area (Å²) in [6.07, 6.45) is 14.5. The standard InChI is InChI=1S/C6H12.C6H14.2C2H6.H2O/c1-2-4-6-5-3-1;1-3-5-6-4-2;2*1-2;/h1-6H2;3-6H2,1-2H3;2*1-2H3;1H2. The van der Waals surface area contributed by atoms with Crippen LogP contribution in [0.4, 0.5) is 0 Å². The summed E-state index contributed by atoms with van der Waals surface area (Å²) in [5.74, 6) is 0. The van der Waals surface area contributed by atoms with Crippen LogP contribution in [-0.4, -0.2) is 5.48 Å². The summed E-state index contributed by atoms with van der Waals surface area (Å²) >= 11 is 0. The molecule has 0 aliphatic heterocycles. The fourth-order valence-corrected chi connectivity index (χ4v) is 1.56. The zero-order valence-corrected chi connectivity index (χ0v) is 13.6. The molecule has 17 heavy (non-hydrogen) atoms. The summed E-state index contributed by atoms with van der Waals surface area (Å²) in [6.45, 7) is 12.5. The second-order valence-corrected chi connectivity index (χ2v) is 3.83. The van der Waals surface area contributed by atoms with E-state index in [1.54, 1.807) is 0 Å². The first kappa shape index (κ1) is 25.7. The van der Waals surface area contributed by atoms with Crippen molar-refractivity contribution in [1.29, 1.82) is 0 Å². The molecule has 1 aliphatic carbocycles. The van der Waals surface area contributed by atoms with Gasteiger partial charge in [-0.25, -0.2) is 0 Å². The lowest BCUT2D eigenvalue weighted by atomic mass is 10.0. The molecule has 1 rings (SSSR count). The molecule has 1 heteroatoms. The molecule has 0 amide bonds. The van der Waals surface area contributed by atoms with Gasteiger partial charge in [0.15, 0.2) is 0 Å². The monoisotopic (exact) mass is 248 g/mol. The van der Waals surface area contributed by atoms with Gasteiger partial charge in [0, 0.05) is 0 Å². The zero-order valence-electron chi connectivity index (χ0n) is 13.6. The molecule has 1 nitrogen and oxygen atoms in total. The maximum atomic E-state index is 2.23. The smallest absolute Gasteiger partial charge is 0.0533 e. The predicted octanol–water partition coefficient (Wildman–Crippen LogP) is 6.15. The molecule has 1 saturated carbocycles. The van der Waals surface area contributed by atoms with Crippen molar-refractivity contribution in [3.8, 4) is 0 Å². The third kappa shape index (κ3) is 38.7. The molecule has 0 aromatic rings. The van der Waals surface area contributed by atoms with E-state index < -0.39 is 0 Å². The number of hydrogen-bond acceptors (Lipinski definition) is 0. The van der Waals surface area contributed by atoms with Gasteiger partial charge in [-0.05, 0) is 0 Å². The van der Waals surface area contributed by atoms with Crippen molar-refractivity contribution in [1.82, 2.24) is 0 Å². The summed E-state index contributed by atoms with van der Waals surface area (Å²) in [4.78, 5) is 0. The molecule has 0 heterocycles. The Kier molecular flexibility index (Phi) is 54.5. The van der Waals surface area contributed by atoms with Crippen molar-refractivity contribution in [3.05, 3.63) is 0 Å². The minimum absolute atomic E-state index is 0.